The minimum absolute atomic E-state index is 0.0446. The minimum atomic E-state index is -4.50. The monoisotopic (exact) mass is 389 g/mol. The Balaban J connectivity index is 1.37. The third-order valence-corrected chi connectivity index (χ3v) is 4.83. The lowest BCUT2D eigenvalue weighted by molar-refractivity contribution is -0.141. The van der Waals surface area contributed by atoms with Crippen molar-refractivity contribution in [1.82, 2.24) is 14.9 Å². The number of hydrogen-bond donors (Lipinski definition) is 1. The zero-order chi connectivity index (χ0) is 19.7. The van der Waals surface area contributed by atoms with E-state index in [1.54, 1.807) is 11.0 Å². The minimum Gasteiger partial charge on any atom is -0.474 e. The fourth-order valence-electron chi connectivity index (χ4n) is 3.35. The number of aromatic nitrogens is 2. The maximum atomic E-state index is 12.8. The van der Waals surface area contributed by atoms with Crippen molar-refractivity contribution in [3.8, 4) is 5.88 Å². The van der Waals surface area contributed by atoms with Gasteiger partial charge in [0.15, 0.2) is 0 Å². The average molecular weight is 389 g/mol. The molecule has 1 saturated heterocycles. The SMILES string of the molecule is O=C(c1ccc2cc[nH]c2c1)N1CCC(Oc2cccc(C(F)(F)F)n2)CC1. The highest BCUT2D eigenvalue weighted by molar-refractivity contribution is 5.98. The number of alkyl halides is 3. The van der Waals surface area contributed by atoms with Crippen molar-refractivity contribution in [3.63, 3.8) is 0 Å². The van der Waals surface area contributed by atoms with Crippen molar-refractivity contribution in [3.05, 3.63) is 59.9 Å². The number of carbonyl (C=O) groups is 1. The predicted molar refractivity (Wildman–Crippen MR) is 97.1 cm³/mol. The molecule has 3 heterocycles. The Hall–Kier alpha value is -3.03. The van der Waals surface area contributed by atoms with E-state index in [1.165, 1.54) is 12.1 Å². The van der Waals surface area contributed by atoms with Gasteiger partial charge in [0.05, 0.1) is 0 Å². The summed E-state index contributed by atoms with van der Waals surface area (Å²) in [5, 5.41) is 1.04. The second-order valence-electron chi connectivity index (χ2n) is 6.75. The number of amides is 1. The van der Waals surface area contributed by atoms with Gasteiger partial charge in [0, 0.05) is 49.3 Å². The molecule has 146 valence electrons. The molecule has 28 heavy (non-hydrogen) atoms. The van der Waals surface area contributed by atoms with Crippen LogP contribution in [0.4, 0.5) is 13.2 Å². The molecule has 4 rings (SSSR count). The van der Waals surface area contributed by atoms with Gasteiger partial charge < -0.3 is 14.6 Å². The van der Waals surface area contributed by atoms with Crippen molar-refractivity contribution in [2.75, 3.05) is 13.1 Å². The summed E-state index contributed by atoms with van der Waals surface area (Å²) in [5.41, 5.74) is 0.533. The lowest BCUT2D eigenvalue weighted by Gasteiger charge is -2.32. The first kappa shape index (κ1) is 18.3. The van der Waals surface area contributed by atoms with E-state index in [9.17, 15) is 18.0 Å². The Morgan fingerprint density at radius 3 is 2.68 bits per heavy atom. The van der Waals surface area contributed by atoms with Crippen LogP contribution in [0.5, 0.6) is 5.88 Å². The summed E-state index contributed by atoms with van der Waals surface area (Å²) in [6.07, 6.45) is -1.88. The number of benzene rings is 1. The summed E-state index contributed by atoms with van der Waals surface area (Å²) in [6, 6.07) is 11.1. The zero-order valence-corrected chi connectivity index (χ0v) is 14.9. The van der Waals surface area contributed by atoms with Gasteiger partial charge in [-0.25, -0.2) is 4.98 Å². The molecule has 0 aliphatic carbocycles. The van der Waals surface area contributed by atoms with Crippen LogP contribution in [0, 0.1) is 0 Å². The number of nitrogens with zero attached hydrogens (tertiary/aromatic N) is 2. The largest absolute Gasteiger partial charge is 0.474 e. The third kappa shape index (κ3) is 3.81. The number of ether oxygens (including phenoxy) is 1. The highest BCUT2D eigenvalue weighted by Crippen LogP contribution is 2.29. The van der Waals surface area contributed by atoms with E-state index >= 15 is 0 Å². The number of rotatable bonds is 3. The Bertz CT molecular complexity index is 992. The van der Waals surface area contributed by atoms with Gasteiger partial charge in [-0.3, -0.25) is 4.79 Å². The van der Waals surface area contributed by atoms with Crippen LogP contribution in [0.15, 0.2) is 48.7 Å². The second-order valence-corrected chi connectivity index (χ2v) is 6.75. The van der Waals surface area contributed by atoms with Gasteiger partial charge in [-0.15, -0.1) is 0 Å². The summed E-state index contributed by atoms with van der Waals surface area (Å²) in [4.78, 5) is 21.1. The molecule has 1 aliphatic rings. The van der Waals surface area contributed by atoms with E-state index < -0.39 is 11.9 Å². The highest BCUT2D eigenvalue weighted by Gasteiger charge is 2.33. The van der Waals surface area contributed by atoms with Crippen LogP contribution in [-0.2, 0) is 6.18 Å². The van der Waals surface area contributed by atoms with E-state index in [4.69, 9.17) is 4.74 Å². The highest BCUT2D eigenvalue weighted by atomic mass is 19.4. The molecule has 8 heteroatoms. The number of halogens is 3. The van der Waals surface area contributed by atoms with E-state index in [0.29, 0.717) is 31.5 Å². The van der Waals surface area contributed by atoms with E-state index in [1.807, 2.05) is 24.4 Å². The van der Waals surface area contributed by atoms with Gasteiger partial charge in [-0.1, -0.05) is 12.1 Å². The van der Waals surface area contributed by atoms with E-state index in [-0.39, 0.29) is 17.9 Å². The summed E-state index contributed by atoms with van der Waals surface area (Å²) in [7, 11) is 0. The van der Waals surface area contributed by atoms with Gasteiger partial charge in [0.2, 0.25) is 5.88 Å². The first-order chi connectivity index (χ1) is 13.4. The summed E-state index contributed by atoms with van der Waals surface area (Å²) in [6.45, 7) is 0.955. The summed E-state index contributed by atoms with van der Waals surface area (Å²) >= 11 is 0. The summed E-state index contributed by atoms with van der Waals surface area (Å²) < 4.78 is 43.9. The molecule has 1 fully saturated rings. The predicted octanol–water partition coefficient (Wildman–Crippen LogP) is 4.27. The van der Waals surface area contributed by atoms with Gasteiger partial charge >= 0.3 is 6.18 Å². The quantitative estimate of drug-likeness (QED) is 0.728. The van der Waals surface area contributed by atoms with Crippen LogP contribution in [-0.4, -0.2) is 40.0 Å². The fourth-order valence-corrected chi connectivity index (χ4v) is 3.35. The number of fused-ring (bicyclic) bond motifs is 1. The third-order valence-electron chi connectivity index (χ3n) is 4.83. The van der Waals surface area contributed by atoms with Gasteiger partial charge in [-0.05, 0) is 29.7 Å². The maximum Gasteiger partial charge on any atom is 0.433 e. The van der Waals surface area contributed by atoms with Crippen LogP contribution < -0.4 is 4.74 Å². The average Bonchev–Trinajstić information content (AvgIpc) is 3.15. The molecule has 0 spiro atoms. The number of aromatic amines is 1. The first-order valence-corrected chi connectivity index (χ1v) is 8.97. The van der Waals surface area contributed by atoms with Crippen LogP contribution in [0.1, 0.15) is 28.9 Å². The Labute approximate surface area is 159 Å². The van der Waals surface area contributed by atoms with Gasteiger partial charge in [0.1, 0.15) is 11.8 Å². The van der Waals surface area contributed by atoms with Crippen LogP contribution in [0.2, 0.25) is 0 Å². The topological polar surface area (TPSA) is 58.2 Å². The maximum absolute atomic E-state index is 12.8. The standard InChI is InChI=1S/C20H18F3N3O2/c21-20(22,23)17-2-1-3-18(25-17)28-15-7-10-26(11-8-15)19(27)14-5-4-13-6-9-24-16(13)12-14/h1-6,9,12,15,24H,7-8,10-11H2. The smallest absolute Gasteiger partial charge is 0.433 e. The van der Waals surface area contributed by atoms with Crippen molar-refractivity contribution in [2.45, 2.75) is 25.1 Å². The lowest BCUT2D eigenvalue weighted by Crippen LogP contribution is -2.41. The molecule has 1 N–H and O–H groups in total. The number of hydrogen-bond acceptors (Lipinski definition) is 3. The van der Waals surface area contributed by atoms with Crippen molar-refractivity contribution >= 4 is 16.8 Å². The second kappa shape index (κ2) is 7.18. The molecule has 0 unspecified atom stereocenters. The number of pyridine rings is 1. The van der Waals surface area contributed by atoms with Gasteiger partial charge in [-0.2, -0.15) is 13.2 Å². The molecule has 1 aromatic carbocycles. The molecule has 2 aromatic heterocycles. The first-order valence-electron chi connectivity index (χ1n) is 8.97. The van der Waals surface area contributed by atoms with Crippen LogP contribution >= 0.6 is 0 Å². The van der Waals surface area contributed by atoms with Crippen LogP contribution in [0.3, 0.4) is 0 Å². The van der Waals surface area contributed by atoms with Gasteiger partial charge in [0.25, 0.3) is 5.91 Å². The molecule has 1 aliphatic heterocycles. The van der Waals surface area contributed by atoms with E-state index in [0.717, 1.165) is 17.0 Å². The molecule has 0 radical (unpaired) electrons. The molecule has 5 nitrogen and oxygen atoms in total. The normalized spacial score (nSPS) is 15.8. The number of nitrogens with one attached hydrogen (secondary N) is 1. The molecular formula is C20H18F3N3O2. The van der Waals surface area contributed by atoms with Crippen LogP contribution in [0.25, 0.3) is 10.9 Å². The number of H-pyrrole nitrogens is 1. The number of carbonyl (C=O) groups excluding carboxylic acids is 1. The summed E-state index contributed by atoms with van der Waals surface area (Å²) in [5.74, 6) is -0.107. The van der Waals surface area contributed by atoms with Crippen molar-refractivity contribution in [1.29, 1.82) is 0 Å². The zero-order valence-electron chi connectivity index (χ0n) is 14.9. The van der Waals surface area contributed by atoms with Crippen molar-refractivity contribution in [2.24, 2.45) is 0 Å². The molecule has 3 aromatic rings. The Kier molecular flexibility index (Phi) is 4.70. The molecule has 1 amide bonds. The van der Waals surface area contributed by atoms with Crippen molar-refractivity contribution < 1.29 is 22.7 Å². The lowest BCUT2D eigenvalue weighted by atomic mass is 10.1. The molecule has 0 atom stereocenters. The molecule has 0 bridgehead atoms. The Morgan fingerprint density at radius 2 is 1.93 bits per heavy atom. The number of likely N-dealkylation sites (tertiary alicyclic amines) is 1. The Morgan fingerprint density at radius 1 is 1.14 bits per heavy atom. The molecule has 0 saturated carbocycles. The molecular weight excluding hydrogens is 371 g/mol. The fraction of sp³-hybridized carbons (Fsp3) is 0.300. The number of piperidine rings is 1. The van der Waals surface area contributed by atoms with E-state index in [2.05, 4.69) is 9.97 Å².